The van der Waals surface area contributed by atoms with Crippen LogP contribution in [0.1, 0.15) is 16.8 Å². The number of aromatic nitrogens is 2. The quantitative estimate of drug-likeness (QED) is 0.635. The fourth-order valence-corrected chi connectivity index (χ4v) is 3.30. The van der Waals surface area contributed by atoms with Gasteiger partial charge in [-0.05, 0) is 49.4 Å². The van der Waals surface area contributed by atoms with Crippen molar-refractivity contribution in [2.75, 3.05) is 7.05 Å². The Morgan fingerprint density at radius 2 is 1.96 bits per heavy atom. The molecule has 2 heterocycles. The number of carbonyl (C=O) groups is 1. The van der Waals surface area contributed by atoms with Crippen LogP contribution in [0.2, 0.25) is 0 Å². The van der Waals surface area contributed by atoms with Crippen LogP contribution in [0.3, 0.4) is 0 Å². The highest BCUT2D eigenvalue weighted by molar-refractivity contribution is 7.89. The molecular weight excluding hydrogens is 364 g/mol. The van der Waals surface area contributed by atoms with Crippen molar-refractivity contribution in [1.29, 1.82) is 0 Å². The molecule has 7 nitrogen and oxygen atoms in total. The summed E-state index contributed by atoms with van der Waals surface area (Å²) in [5.41, 5.74) is 3.43. The van der Waals surface area contributed by atoms with Gasteiger partial charge in [-0.15, -0.1) is 0 Å². The smallest absolute Gasteiger partial charge is 0.244 e. The van der Waals surface area contributed by atoms with E-state index in [0.29, 0.717) is 6.54 Å². The maximum Gasteiger partial charge on any atom is 0.244 e. The van der Waals surface area contributed by atoms with Crippen molar-refractivity contribution in [1.82, 2.24) is 19.4 Å². The summed E-state index contributed by atoms with van der Waals surface area (Å²) >= 11 is 0. The van der Waals surface area contributed by atoms with E-state index in [4.69, 9.17) is 0 Å². The van der Waals surface area contributed by atoms with E-state index in [1.165, 1.54) is 25.3 Å². The Morgan fingerprint density at radius 1 is 1.22 bits per heavy atom. The number of hydrogen-bond acceptors (Lipinski definition) is 4. The Labute approximate surface area is 157 Å². The van der Waals surface area contributed by atoms with Gasteiger partial charge in [0, 0.05) is 18.5 Å². The molecule has 0 saturated heterocycles. The molecule has 3 aromatic rings. The number of amides is 1. The van der Waals surface area contributed by atoms with E-state index in [0.717, 1.165) is 22.5 Å². The predicted molar refractivity (Wildman–Crippen MR) is 103 cm³/mol. The van der Waals surface area contributed by atoms with E-state index < -0.39 is 10.0 Å². The minimum atomic E-state index is -3.46. The highest BCUT2D eigenvalue weighted by Crippen LogP contribution is 2.12. The van der Waals surface area contributed by atoms with E-state index in [-0.39, 0.29) is 10.8 Å². The Hall–Kier alpha value is -2.97. The zero-order valence-electron chi connectivity index (χ0n) is 15.0. The van der Waals surface area contributed by atoms with E-state index in [2.05, 4.69) is 15.0 Å². The minimum absolute atomic E-state index is 0.175. The second-order valence-corrected chi connectivity index (χ2v) is 7.87. The van der Waals surface area contributed by atoms with Crippen molar-refractivity contribution in [2.45, 2.75) is 18.4 Å². The molecule has 1 amide bonds. The predicted octanol–water partition coefficient (Wildman–Crippen LogP) is 1.88. The van der Waals surface area contributed by atoms with Gasteiger partial charge in [0.05, 0.1) is 17.1 Å². The van der Waals surface area contributed by atoms with Gasteiger partial charge in [0.2, 0.25) is 15.9 Å². The van der Waals surface area contributed by atoms with Crippen LogP contribution in [0.15, 0.2) is 59.8 Å². The van der Waals surface area contributed by atoms with Gasteiger partial charge in [-0.25, -0.2) is 18.1 Å². The fraction of sp³-hybridized carbons (Fsp3) is 0.158. The molecule has 2 N–H and O–H groups in total. The second-order valence-electron chi connectivity index (χ2n) is 5.98. The number of imidazole rings is 1. The first-order valence-electron chi connectivity index (χ1n) is 8.32. The van der Waals surface area contributed by atoms with Gasteiger partial charge < -0.3 is 9.72 Å². The largest absolute Gasteiger partial charge is 0.347 e. The number of fused-ring (bicyclic) bond motifs is 1. The number of carbonyl (C=O) groups excluding carboxylic acids is 1. The molecule has 0 aliphatic carbocycles. The summed E-state index contributed by atoms with van der Waals surface area (Å²) in [6.45, 7) is 2.31. The van der Waals surface area contributed by atoms with Crippen LogP contribution >= 0.6 is 0 Å². The van der Waals surface area contributed by atoms with Crippen LogP contribution in [0, 0.1) is 6.92 Å². The van der Waals surface area contributed by atoms with Gasteiger partial charge in [0.1, 0.15) is 5.65 Å². The molecule has 0 saturated carbocycles. The summed E-state index contributed by atoms with van der Waals surface area (Å²) in [5.74, 6) is -0.254. The Kier molecular flexibility index (Phi) is 5.38. The van der Waals surface area contributed by atoms with Crippen molar-refractivity contribution >= 4 is 27.7 Å². The van der Waals surface area contributed by atoms with E-state index in [1.54, 1.807) is 18.2 Å². The summed E-state index contributed by atoms with van der Waals surface area (Å²) in [5, 5.41) is 2.79. The van der Waals surface area contributed by atoms with Crippen molar-refractivity contribution < 1.29 is 13.2 Å². The van der Waals surface area contributed by atoms with Crippen LogP contribution < -0.4 is 10.0 Å². The number of pyridine rings is 1. The number of benzene rings is 1. The van der Waals surface area contributed by atoms with E-state index in [9.17, 15) is 13.2 Å². The summed E-state index contributed by atoms with van der Waals surface area (Å²) in [4.78, 5) is 16.7. The van der Waals surface area contributed by atoms with Gasteiger partial charge in [0.15, 0.2) is 0 Å². The van der Waals surface area contributed by atoms with Crippen LogP contribution in [-0.2, 0) is 21.4 Å². The molecule has 27 heavy (non-hydrogen) atoms. The highest BCUT2D eigenvalue weighted by atomic mass is 32.2. The highest BCUT2D eigenvalue weighted by Gasteiger charge is 2.10. The first kappa shape index (κ1) is 18.8. The number of hydrogen-bond donors (Lipinski definition) is 2. The lowest BCUT2D eigenvalue weighted by Crippen LogP contribution is -2.20. The van der Waals surface area contributed by atoms with Crippen molar-refractivity contribution in [3.63, 3.8) is 0 Å². The van der Waals surface area contributed by atoms with Crippen LogP contribution in [-0.4, -0.2) is 30.8 Å². The van der Waals surface area contributed by atoms with E-state index >= 15 is 0 Å². The first-order valence-corrected chi connectivity index (χ1v) is 9.80. The van der Waals surface area contributed by atoms with Crippen molar-refractivity contribution in [3.8, 4) is 0 Å². The second kappa shape index (κ2) is 7.73. The first-order chi connectivity index (χ1) is 12.9. The molecule has 0 radical (unpaired) electrons. The standard InChI is InChI=1S/C19H20N4O3S/c1-14-4-3-11-23-13-16(22-19(14)23)12-21-18(24)10-7-15-5-8-17(9-6-15)27(25,26)20-2/h3-11,13,20H,12H2,1-2H3,(H,21,24). The van der Waals surface area contributed by atoms with Gasteiger partial charge in [-0.3, -0.25) is 4.79 Å². The van der Waals surface area contributed by atoms with Gasteiger partial charge in [0.25, 0.3) is 0 Å². The zero-order valence-corrected chi connectivity index (χ0v) is 15.8. The fourth-order valence-electron chi connectivity index (χ4n) is 2.57. The lowest BCUT2D eigenvalue weighted by Gasteiger charge is -2.02. The minimum Gasteiger partial charge on any atom is -0.347 e. The molecule has 0 unspecified atom stereocenters. The maximum atomic E-state index is 12.0. The van der Waals surface area contributed by atoms with Crippen LogP contribution in [0.25, 0.3) is 11.7 Å². The average Bonchev–Trinajstić information content (AvgIpc) is 3.09. The molecular formula is C19H20N4O3S. The molecule has 8 heteroatoms. The molecule has 0 fully saturated rings. The number of sulfonamides is 1. The molecule has 0 bridgehead atoms. The van der Waals surface area contributed by atoms with Gasteiger partial charge in [-0.1, -0.05) is 18.2 Å². The van der Waals surface area contributed by atoms with E-state index in [1.807, 2.05) is 35.9 Å². The van der Waals surface area contributed by atoms with Crippen LogP contribution in [0.4, 0.5) is 0 Å². The van der Waals surface area contributed by atoms with Crippen molar-refractivity contribution in [3.05, 3.63) is 71.7 Å². The van der Waals surface area contributed by atoms with Crippen molar-refractivity contribution in [2.24, 2.45) is 0 Å². The van der Waals surface area contributed by atoms with Gasteiger partial charge in [-0.2, -0.15) is 0 Å². The Balaban J connectivity index is 1.60. The molecule has 140 valence electrons. The number of nitrogens with one attached hydrogen (secondary N) is 2. The summed E-state index contributed by atoms with van der Waals surface area (Å²) in [6.07, 6.45) is 6.83. The molecule has 2 aromatic heterocycles. The molecule has 0 atom stereocenters. The monoisotopic (exact) mass is 384 g/mol. The lowest BCUT2D eigenvalue weighted by atomic mass is 10.2. The third kappa shape index (κ3) is 4.42. The molecule has 1 aromatic carbocycles. The molecule has 0 aliphatic rings. The normalized spacial score (nSPS) is 11.9. The zero-order chi connectivity index (χ0) is 19.4. The summed E-state index contributed by atoms with van der Waals surface area (Å²) in [6, 6.07) is 10.2. The summed E-state index contributed by atoms with van der Waals surface area (Å²) in [7, 11) is -2.10. The summed E-state index contributed by atoms with van der Waals surface area (Å²) < 4.78 is 27.5. The lowest BCUT2D eigenvalue weighted by molar-refractivity contribution is -0.116. The SMILES string of the molecule is CNS(=O)(=O)c1ccc(C=CC(=O)NCc2cn3cccc(C)c3n2)cc1. The molecule has 3 rings (SSSR count). The van der Waals surface area contributed by atoms with Crippen LogP contribution in [0.5, 0.6) is 0 Å². The topological polar surface area (TPSA) is 92.6 Å². The third-order valence-corrected chi connectivity index (χ3v) is 5.49. The number of rotatable bonds is 6. The Morgan fingerprint density at radius 3 is 2.63 bits per heavy atom. The van der Waals surface area contributed by atoms with Gasteiger partial charge >= 0.3 is 0 Å². The molecule has 0 aliphatic heterocycles. The third-order valence-electron chi connectivity index (χ3n) is 4.06. The number of nitrogens with zero attached hydrogens (tertiary/aromatic N) is 2. The number of aryl methyl sites for hydroxylation is 1. The maximum absolute atomic E-state index is 12.0. The average molecular weight is 384 g/mol. The Bertz CT molecular complexity index is 1100. The molecule has 0 spiro atoms.